The van der Waals surface area contributed by atoms with Gasteiger partial charge in [0.25, 0.3) is 0 Å². The maximum Gasteiger partial charge on any atom is 0.0189 e. The molecule has 2 atom stereocenters. The Morgan fingerprint density at radius 3 is 2.05 bits per heavy atom. The zero-order valence-corrected chi connectivity index (χ0v) is 14.8. The Morgan fingerprint density at radius 2 is 1.57 bits per heavy atom. The van der Waals surface area contributed by atoms with E-state index in [1.165, 1.54) is 37.7 Å². The second-order valence-corrected chi connectivity index (χ2v) is 6.43. The molecule has 1 aromatic carbocycles. The van der Waals surface area contributed by atoms with E-state index in [-0.39, 0.29) is 5.41 Å². The topological polar surface area (TPSA) is 12.0 Å². The summed E-state index contributed by atoms with van der Waals surface area (Å²) in [5.74, 6) is 0.710. The minimum atomic E-state index is 0.255. The average Bonchev–Trinajstić information content (AvgIpc) is 2.53. The van der Waals surface area contributed by atoms with Crippen LogP contribution in [0.3, 0.4) is 0 Å². The van der Waals surface area contributed by atoms with Crippen LogP contribution in [0.25, 0.3) is 0 Å². The second kappa shape index (κ2) is 9.25. The summed E-state index contributed by atoms with van der Waals surface area (Å²) in [5.41, 5.74) is 1.76. The van der Waals surface area contributed by atoms with E-state index in [1.54, 1.807) is 0 Å². The summed E-state index contributed by atoms with van der Waals surface area (Å²) >= 11 is 0. The van der Waals surface area contributed by atoms with Gasteiger partial charge in [0.2, 0.25) is 0 Å². The highest BCUT2D eigenvalue weighted by molar-refractivity contribution is 5.28. The lowest BCUT2D eigenvalue weighted by molar-refractivity contribution is 0.201. The summed E-state index contributed by atoms with van der Waals surface area (Å²) in [6.07, 6.45) is 6.17. The first-order valence-corrected chi connectivity index (χ1v) is 8.95. The van der Waals surface area contributed by atoms with Crippen LogP contribution in [0.1, 0.15) is 72.3 Å². The van der Waals surface area contributed by atoms with Gasteiger partial charge in [0.05, 0.1) is 0 Å². The Morgan fingerprint density at radius 1 is 0.952 bits per heavy atom. The van der Waals surface area contributed by atoms with Gasteiger partial charge in [-0.3, -0.25) is 0 Å². The largest absolute Gasteiger partial charge is 0.313 e. The standard InChI is InChI=1S/C20H35N/c1-6-13-17(5)19(21-16-7-2)20(8-3,9-4)18-14-11-10-12-15-18/h10-12,14-15,17,19,21H,6-9,13,16H2,1-5H3. The van der Waals surface area contributed by atoms with Crippen molar-refractivity contribution in [3.63, 3.8) is 0 Å². The number of hydrogen-bond acceptors (Lipinski definition) is 1. The predicted molar refractivity (Wildman–Crippen MR) is 94.9 cm³/mol. The van der Waals surface area contributed by atoms with Gasteiger partial charge in [-0.2, -0.15) is 0 Å². The lowest BCUT2D eigenvalue weighted by atomic mass is 9.66. The molecule has 0 bridgehead atoms. The SMILES string of the molecule is CCCNC(C(C)CCC)C(CC)(CC)c1ccccc1. The minimum Gasteiger partial charge on any atom is -0.313 e. The maximum atomic E-state index is 3.90. The molecule has 0 spiro atoms. The van der Waals surface area contributed by atoms with Crippen molar-refractivity contribution in [2.24, 2.45) is 5.92 Å². The van der Waals surface area contributed by atoms with Gasteiger partial charge in [-0.1, -0.05) is 71.4 Å². The molecule has 0 saturated carbocycles. The van der Waals surface area contributed by atoms with Gasteiger partial charge in [0, 0.05) is 11.5 Å². The third-order valence-corrected chi connectivity index (χ3v) is 5.13. The summed E-state index contributed by atoms with van der Waals surface area (Å²) < 4.78 is 0. The third kappa shape index (κ3) is 4.32. The van der Waals surface area contributed by atoms with Crippen LogP contribution in [0.4, 0.5) is 0 Å². The lowest BCUT2D eigenvalue weighted by Crippen LogP contribution is -2.52. The Bertz CT molecular complexity index is 367. The highest BCUT2D eigenvalue weighted by Gasteiger charge is 2.39. The highest BCUT2D eigenvalue weighted by atomic mass is 14.9. The smallest absolute Gasteiger partial charge is 0.0189 e. The molecule has 1 nitrogen and oxygen atoms in total. The van der Waals surface area contributed by atoms with Crippen LogP contribution in [0, 0.1) is 5.92 Å². The molecule has 0 aliphatic rings. The van der Waals surface area contributed by atoms with E-state index in [4.69, 9.17) is 0 Å². The molecule has 0 aliphatic carbocycles. The van der Waals surface area contributed by atoms with Crippen LogP contribution in [0.2, 0.25) is 0 Å². The third-order valence-electron chi connectivity index (χ3n) is 5.13. The van der Waals surface area contributed by atoms with E-state index in [0.717, 1.165) is 6.54 Å². The molecule has 2 unspecified atom stereocenters. The molecular formula is C20H35N. The molecule has 21 heavy (non-hydrogen) atoms. The van der Waals surface area contributed by atoms with Gasteiger partial charge in [-0.25, -0.2) is 0 Å². The molecule has 0 saturated heterocycles. The number of nitrogens with one attached hydrogen (secondary N) is 1. The van der Waals surface area contributed by atoms with Crippen molar-refractivity contribution in [3.8, 4) is 0 Å². The Hall–Kier alpha value is -0.820. The molecule has 1 heteroatoms. The first-order chi connectivity index (χ1) is 10.2. The number of hydrogen-bond donors (Lipinski definition) is 1. The first-order valence-electron chi connectivity index (χ1n) is 8.95. The van der Waals surface area contributed by atoms with Crippen LogP contribution < -0.4 is 5.32 Å². The van der Waals surface area contributed by atoms with E-state index in [0.29, 0.717) is 12.0 Å². The van der Waals surface area contributed by atoms with Crippen LogP contribution >= 0.6 is 0 Å². The van der Waals surface area contributed by atoms with E-state index < -0.39 is 0 Å². The Kier molecular flexibility index (Phi) is 8.03. The van der Waals surface area contributed by atoms with Gasteiger partial charge in [-0.05, 0) is 43.7 Å². The zero-order valence-electron chi connectivity index (χ0n) is 14.8. The van der Waals surface area contributed by atoms with Crippen LogP contribution in [0.5, 0.6) is 0 Å². The van der Waals surface area contributed by atoms with Crippen LogP contribution in [0.15, 0.2) is 30.3 Å². The number of rotatable bonds is 10. The fraction of sp³-hybridized carbons (Fsp3) is 0.700. The van der Waals surface area contributed by atoms with Gasteiger partial charge in [0.15, 0.2) is 0 Å². The molecule has 1 N–H and O–H groups in total. The molecule has 1 rings (SSSR count). The Labute approximate surface area is 132 Å². The zero-order chi connectivity index (χ0) is 15.7. The second-order valence-electron chi connectivity index (χ2n) is 6.43. The normalized spacial score (nSPS) is 14.9. The molecule has 0 fully saturated rings. The van der Waals surface area contributed by atoms with Gasteiger partial charge in [0.1, 0.15) is 0 Å². The Balaban J connectivity index is 3.17. The van der Waals surface area contributed by atoms with E-state index in [9.17, 15) is 0 Å². The molecule has 0 amide bonds. The van der Waals surface area contributed by atoms with E-state index in [2.05, 4.69) is 70.3 Å². The van der Waals surface area contributed by atoms with Crippen molar-refractivity contribution in [1.29, 1.82) is 0 Å². The molecule has 0 heterocycles. The fourth-order valence-electron chi connectivity index (χ4n) is 3.91. The summed E-state index contributed by atoms with van der Waals surface area (Å²) in [5, 5.41) is 3.90. The molecule has 0 aliphatic heterocycles. The molecule has 1 aromatic rings. The minimum absolute atomic E-state index is 0.255. The summed E-state index contributed by atoms with van der Waals surface area (Å²) in [6, 6.07) is 11.7. The molecular weight excluding hydrogens is 254 g/mol. The maximum absolute atomic E-state index is 3.90. The van der Waals surface area contributed by atoms with Crippen molar-refractivity contribution in [2.75, 3.05) is 6.54 Å². The predicted octanol–water partition coefficient (Wildman–Crippen LogP) is 5.55. The van der Waals surface area contributed by atoms with Crippen molar-refractivity contribution < 1.29 is 0 Å². The summed E-state index contributed by atoms with van der Waals surface area (Å²) in [6.45, 7) is 12.8. The highest BCUT2D eigenvalue weighted by Crippen LogP contribution is 2.39. The number of benzene rings is 1. The van der Waals surface area contributed by atoms with Gasteiger partial charge < -0.3 is 5.32 Å². The van der Waals surface area contributed by atoms with Crippen molar-refractivity contribution in [3.05, 3.63) is 35.9 Å². The van der Waals surface area contributed by atoms with Crippen LogP contribution in [-0.4, -0.2) is 12.6 Å². The average molecular weight is 290 g/mol. The fourth-order valence-corrected chi connectivity index (χ4v) is 3.91. The molecule has 120 valence electrons. The van der Waals surface area contributed by atoms with Gasteiger partial charge in [-0.15, -0.1) is 0 Å². The monoisotopic (exact) mass is 289 g/mol. The van der Waals surface area contributed by atoms with Crippen LogP contribution in [-0.2, 0) is 5.41 Å². The summed E-state index contributed by atoms with van der Waals surface area (Å²) in [7, 11) is 0. The first kappa shape index (κ1) is 18.2. The summed E-state index contributed by atoms with van der Waals surface area (Å²) in [4.78, 5) is 0. The van der Waals surface area contributed by atoms with E-state index >= 15 is 0 Å². The van der Waals surface area contributed by atoms with E-state index in [1.807, 2.05) is 0 Å². The lowest BCUT2D eigenvalue weighted by Gasteiger charge is -2.44. The molecule has 0 radical (unpaired) electrons. The van der Waals surface area contributed by atoms with Crippen molar-refractivity contribution in [1.82, 2.24) is 5.32 Å². The van der Waals surface area contributed by atoms with Gasteiger partial charge >= 0.3 is 0 Å². The molecule has 0 aromatic heterocycles. The van der Waals surface area contributed by atoms with Crippen molar-refractivity contribution in [2.45, 2.75) is 78.2 Å². The quantitative estimate of drug-likeness (QED) is 0.595. The van der Waals surface area contributed by atoms with Crippen molar-refractivity contribution >= 4 is 0 Å².